The maximum atomic E-state index is 11.9. The summed E-state index contributed by atoms with van der Waals surface area (Å²) in [5.41, 5.74) is 0. The van der Waals surface area contributed by atoms with Gasteiger partial charge in [0.05, 0.1) is 0 Å². The van der Waals surface area contributed by atoms with Gasteiger partial charge < -0.3 is 10.6 Å². The molecule has 0 aliphatic heterocycles. The Bertz CT molecular complexity index is 487. The summed E-state index contributed by atoms with van der Waals surface area (Å²) < 4.78 is 0. The van der Waals surface area contributed by atoms with Crippen LogP contribution >= 0.6 is 11.3 Å². The number of nitrogens with zero attached hydrogens (tertiary/aromatic N) is 2. The number of rotatable bonds is 5. The van der Waals surface area contributed by atoms with Gasteiger partial charge in [0, 0.05) is 23.0 Å². The number of aromatic nitrogens is 1. The molecule has 0 saturated heterocycles. The maximum Gasteiger partial charge on any atom is 0.229 e. The molecule has 0 bridgehead atoms. The molecule has 102 valence electrons. The summed E-state index contributed by atoms with van der Waals surface area (Å²) in [6.45, 7) is 4.29. The van der Waals surface area contributed by atoms with Gasteiger partial charge >= 0.3 is 0 Å². The normalized spacial score (nSPS) is 23.0. The van der Waals surface area contributed by atoms with Crippen molar-refractivity contribution in [1.82, 2.24) is 10.3 Å². The monoisotopic (exact) mass is 278 g/mol. The van der Waals surface area contributed by atoms with Gasteiger partial charge in [0.15, 0.2) is 11.3 Å². The minimum Gasteiger partial charge on any atom is -0.321 e. The fourth-order valence-electron chi connectivity index (χ4n) is 2.02. The molecule has 0 aromatic carbocycles. The third-order valence-corrected chi connectivity index (χ3v) is 4.77. The predicted octanol–water partition coefficient (Wildman–Crippen LogP) is 2.44. The summed E-state index contributed by atoms with van der Waals surface area (Å²) in [5.74, 6) is 0.499. The fraction of sp³-hybridized carbons (Fsp3) is 0.615. The molecule has 2 rings (SSSR count). The predicted molar refractivity (Wildman–Crippen MR) is 74.7 cm³/mol. The number of nitrogens with one attached hydrogen (secondary N) is 2. The average Bonchev–Trinajstić information content (AvgIpc) is 2.80. The molecule has 19 heavy (non-hydrogen) atoms. The van der Waals surface area contributed by atoms with E-state index in [1.54, 1.807) is 11.3 Å². The van der Waals surface area contributed by atoms with Crippen LogP contribution in [0, 0.1) is 17.4 Å². The van der Waals surface area contributed by atoms with Gasteiger partial charge in [0.1, 0.15) is 0 Å². The van der Waals surface area contributed by atoms with E-state index in [1.165, 1.54) is 4.88 Å². The van der Waals surface area contributed by atoms with Crippen molar-refractivity contribution in [2.24, 2.45) is 5.92 Å². The van der Waals surface area contributed by atoms with Gasteiger partial charge in [0.2, 0.25) is 5.91 Å². The lowest BCUT2D eigenvalue weighted by molar-refractivity contribution is -0.122. The van der Waals surface area contributed by atoms with E-state index in [4.69, 9.17) is 5.26 Å². The molecular formula is C13H18N4OS. The van der Waals surface area contributed by atoms with Gasteiger partial charge in [-0.25, -0.2) is 4.98 Å². The lowest BCUT2D eigenvalue weighted by atomic mass is 9.80. The summed E-state index contributed by atoms with van der Waals surface area (Å²) in [7, 11) is 0. The van der Waals surface area contributed by atoms with Crippen molar-refractivity contribution in [1.29, 1.82) is 5.26 Å². The van der Waals surface area contributed by atoms with E-state index in [1.807, 2.05) is 12.4 Å². The molecule has 1 amide bonds. The van der Waals surface area contributed by atoms with Crippen molar-refractivity contribution in [3.63, 3.8) is 0 Å². The molecule has 5 nitrogen and oxygen atoms in total. The van der Waals surface area contributed by atoms with E-state index >= 15 is 0 Å². The summed E-state index contributed by atoms with van der Waals surface area (Å²) in [5, 5.41) is 14.7. The molecule has 1 aromatic heterocycles. The first-order chi connectivity index (χ1) is 9.13. The minimum atomic E-state index is 0.00167. The van der Waals surface area contributed by atoms with Crippen LogP contribution in [0.5, 0.6) is 0 Å². The Hall–Kier alpha value is -1.61. The number of carbonyl (C=O) groups is 1. The molecule has 1 atom stereocenters. The van der Waals surface area contributed by atoms with Crippen LogP contribution in [-0.4, -0.2) is 16.9 Å². The molecule has 1 aliphatic carbocycles. The maximum absolute atomic E-state index is 11.9. The molecule has 0 unspecified atom stereocenters. The van der Waals surface area contributed by atoms with Gasteiger partial charge in [-0.05, 0) is 25.2 Å². The van der Waals surface area contributed by atoms with Crippen molar-refractivity contribution in [3.8, 4) is 6.19 Å². The molecule has 0 spiro atoms. The number of thiazole rings is 1. The largest absolute Gasteiger partial charge is 0.321 e. The van der Waals surface area contributed by atoms with Crippen molar-refractivity contribution in [3.05, 3.63) is 11.1 Å². The zero-order chi connectivity index (χ0) is 13.8. The Morgan fingerprint density at radius 1 is 1.68 bits per heavy atom. The fourth-order valence-corrected chi connectivity index (χ4v) is 2.98. The first-order valence-corrected chi connectivity index (χ1v) is 7.36. The second-order valence-electron chi connectivity index (χ2n) is 4.99. The molecule has 2 N–H and O–H groups in total. The highest BCUT2D eigenvalue weighted by Gasteiger charge is 2.34. The standard InChI is InChI=1S/C13H18N4OS/c1-3-8(2)11-6-15-13(19-11)17-12(18)9-4-10(5-9)16-7-14/h6,8-10,16H,3-5H2,1-2H3,(H,15,17,18)/t8-,9?,10?/m0/s1. The first-order valence-electron chi connectivity index (χ1n) is 6.55. The molecule has 1 aliphatic rings. The van der Waals surface area contributed by atoms with Crippen LogP contribution in [0.25, 0.3) is 0 Å². The molecule has 1 fully saturated rings. The smallest absolute Gasteiger partial charge is 0.229 e. The number of hydrogen-bond donors (Lipinski definition) is 2. The van der Waals surface area contributed by atoms with E-state index in [0.717, 1.165) is 19.3 Å². The van der Waals surface area contributed by atoms with Gasteiger partial charge in [-0.15, -0.1) is 11.3 Å². The Morgan fingerprint density at radius 3 is 3.05 bits per heavy atom. The van der Waals surface area contributed by atoms with Crippen molar-refractivity contribution >= 4 is 22.4 Å². The SMILES string of the molecule is CC[C@H](C)c1cnc(NC(=O)C2CC(NC#N)C2)s1. The minimum absolute atomic E-state index is 0.00167. The van der Waals surface area contributed by atoms with Gasteiger partial charge in [-0.3, -0.25) is 4.79 Å². The Labute approximate surface area is 117 Å². The van der Waals surface area contributed by atoms with E-state index in [9.17, 15) is 4.79 Å². The number of hydrogen-bond acceptors (Lipinski definition) is 5. The number of nitriles is 1. The molecule has 1 aromatic rings. The van der Waals surface area contributed by atoms with Crippen LogP contribution < -0.4 is 10.6 Å². The quantitative estimate of drug-likeness (QED) is 0.640. The molecule has 0 radical (unpaired) electrons. The van der Waals surface area contributed by atoms with Crippen LogP contribution in [0.3, 0.4) is 0 Å². The van der Waals surface area contributed by atoms with E-state index in [2.05, 4.69) is 29.5 Å². The zero-order valence-electron chi connectivity index (χ0n) is 11.1. The van der Waals surface area contributed by atoms with Crippen molar-refractivity contribution < 1.29 is 4.79 Å². The van der Waals surface area contributed by atoms with E-state index in [-0.39, 0.29) is 17.9 Å². The van der Waals surface area contributed by atoms with Crippen LogP contribution in [0.2, 0.25) is 0 Å². The Kier molecular flexibility index (Phi) is 4.38. The molecule has 6 heteroatoms. The molecule has 1 saturated carbocycles. The summed E-state index contributed by atoms with van der Waals surface area (Å²) >= 11 is 1.55. The van der Waals surface area contributed by atoms with Crippen molar-refractivity contribution in [2.45, 2.75) is 45.1 Å². The third-order valence-electron chi connectivity index (χ3n) is 3.63. The van der Waals surface area contributed by atoms with E-state index < -0.39 is 0 Å². The van der Waals surface area contributed by atoms with Crippen LogP contribution in [0.4, 0.5) is 5.13 Å². The highest BCUT2D eigenvalue weighted by atomic mass is 32.1. The second-order valence-corrected chi connectivity index (χ2v) is 6.05. The van der Waals surface area contributed by atoms with Crippen LogP contribution in [0.15, 0.2) is 6.20 Å². The summed E-state index contributed by atoms with van der Waals surface area (Å²) in [6, 6.07) is 0.160. The van der Waals surface area contributed by atoms with Crippen LogP contribution in [0.1, 0.15) is 43.9 Å². The van der Waals surface area contributed by atoms with Crippen LogP contribution in [-0.2, 0) is 4.79 Å². The number of amides is 1. The van der Waals surface area contributed by atoms with Gasteiger partial charge in [0.25, 0.3) is 0 Å². The highest BCUT2D eigenvalue weighted by Crippen LogP contribution is 2.31. The molecular weight excluding hydrogens is 260 g/mol. The van der Waals surface area contributed by atoms with Gasteiger partial charge in [-0.2, -0.15) is 5.26 Å². The van der Waals surface area contributed by atoms with Gasteiger partial charge in [-0.1, -0.05) is 13.8 Å². The third kappa shape index (κ3) is 3.24. The average molecular weight is 278 g/mol. The second kappa shape index (κ2) is 6.02. The number of anilines is 1. The zero-order valence-corrected chi connectivity index (χ0v) is 12.0. The van der Waals surface area contributed by atoms with E-state index in [0.29, 0.717) is 11.0 Å². The lowest BCUT2D eigenvalue weighted by Gasteiger charge is -2.32. The summed E-state index contributed by atoms with van der Waals surface area (Å²) in [4.78, 5) is 17.4. The van der Waals surface area contributed by atoms with Crippen molar-refractivity contribution in [2.75, 3.05) is 5.32 Å². The molecule has 1 heterocycles. The summed E-state index contributed by atoms with van der Waals surface area (Å²) in [6.07, 6.45) is 6.27. The topological polar surface area (TPSA) is 77.8 Å². The Balaban J connectivity index is 1.83. The Morgan fingerprint density at radius 2 is 2.42 bits per heavy atom. The first kappa shape index (κ1) is 13.8. The highest BCUT2D eigenvalue weighted by molar-refractivity contribution is 7.15. The number of carbonyl (C=O) groups excluding carboxylic acids is 1. The lowest BCUT2D eigenvalue weighted by Crippen LogP contribution is -2.44.